The average molecular weight is 387 g/mol. The van der Waals surface area contributed by atoms with Gasteiger partial charge in [0.05, 0.1) is 12.6 Å². The molecule has 1 aromatic heterocycles. The minimum absolute atomic E-state index is 0.193. The van der Waals surface area contributed by atoms with E-state index in [1.165, 1.54) is 18.1 Å². The zero-order valence-corrected chi connectivity index (χ0v) is 15.4. The van der Waals surface area contributed by atoms with Crippen LogP contribution in [0.3, 0.4) is 0 Å². The van der Waals surface area contributed by atoms with Gasteiger partial charge in [-0.25, -0.2) is 0 Å². The number of rotatable bonds is 8. The summed E-state index contributed by atoms with van der Waals surface area (Å²) in [4.78, 5) is 16.6. The third kappa shape index (κ3) is 4.87. The molecule has 1 N–H and O–H groups in total. The van der Waals surface area contributed by atoms with Crippen LogP contribution in [0.25, 0.3) is 0 Å². The van der Waals surface area contributed by atoms with Gasteiger partial charge < -0.3 is 15.2 Å². The molecule has 1 heterocycles. The van der Waals surface area contributed by atoms with Gasteiger partial charge in [-0.05, 0) is 34.2 Å². The Morgan fingerprint density at radius 2 is 1.69 bits per heavy atom. The number of thioether (sulfide) groups is 1. The van der Waals surface area contributed by atoms with Crippen LogP contribution in [0.2, 0.25) is 0 Å². The molecule has 26 heavy (non-hydrogen) atoms. The van der Waals surface area contributed by atoms with Gasteiger partial charge in [-0.2, -0.15) is 0 Å². The Balaban J connectivity index is 1.71. The van der Waals surface area contributed by atoms with Gasteiger partial charge in [0.1, 0.15) is 0 Å². The third-order valence-electron chi connectivity index (χ3n) is 3.50. The third-order valence-corrected chi connectivity index (χ3v) is 5.77. The first-order valence-electron chi connectivity index (χ1n) is 7.92. The Morgan fingerprint density at radius 1 is 1.08 bits per heavy atom. The van der Waals surface area contributed by atoms with Crippen molar-refractivity contribution in [1.29, 1.82) is 0 Å². The summed E-state index contributed by atoms with van der Waals surface area (Å²) >= 11 is 2.82. The highest BCUT2D eigenvalue weighted by Gasteiger charge is 2.24. The summed E-state index contributed by atoms with van der Waals surface area (Å²) in [5, 5.41) is 22.0. The number of hydrogen-bond acceptors (Lipinski definition) is 6. The highest BCUT2D eigenvalue weighted by atomic mass is 32.2. The first kappa shape index (κ1) is 18.5. The normalized spacial score (nSPS) is 12.0. The molecule has 6 nitrogen and oxygen atoms in total. The van der Waals surface area contributed by atoms with Gasteiger partial charge in [0.15, 0.2) is 5.03 Å². The molecular formula is C18H17N3O3S2. The molecule has 0 amide bonds. The summed E-state index contributed by atoms with van der Waals surface area (Å²) in [6.45, 7) is 0.246. The van der Waals surface area contributed by atoms with Crippen LogP contribution in [-0.4, -0.2) is 31.4 Å². The molecule has 0 aliphatic rings. The van der Waals surface area contributed by atoms with Crippen LogP contribution in [0.4, 0.5) is 5.82 Å². The predicted octanol–water partition coefficient (Wildman–Crippen LogP) is 4.10. The lowest BCUT2D eigenvalue weighted by atomic mass is 10.4. The fourth-order valence-electron chi connectivity index (χ4n) is 2.31. The number of nitrogens with zero attached hydrogens (tertiary/aromatic N) is 3. The molecule has 0 saturated carbocycles. The number of aliphatic hydroxyl groups excluding tert-OH is 1. The van der Waals surface area contributed by atoms with Crippen LogP contribution >= 0.6 is 23.5 Å². The Labute approximate surface area is 159 Å². The molecule has 0 saturated heterocycles. The zero-order valence-electron chi connectivity index (χ0n) is 13.8. The molecule has 0 spiro atoms. The number of aliphatic hydroxyl groups is 1. The highest BCUT2D eigenvalue weighted by Crippen LogP contribution is 2.34. The maximum Gasteiger partial charge on any atom is 0.396 e. The Hall–Kier alpha value is -2.29. The van der Waals surface area contributed by atoms with Gasteiger partial charge in [-0.15, -0.1) is 11.8 Å². The van der Waals surface area contributed by atoms with Crippen LogP contribution in [0.15, 0.2) is 81.8 Å². The number of nitro groups is 1. The molecule has 134 valence electrons. The molecule has 0 bridgehead atoms. The van der Waals surface area contributed by atoms with E-state index in [2.05, 4.69) is 4.98 Å². The molecule has 8 heteroatoms. The van der Waals surface area contributed by atoms with Crippen LogP contribution in [0.1, 0.15) is 0 Å². The fourth-order valence-corrected chi connectivity index (χ4v) is 4.12. The SMILES string of the molecule is O=[N+]([O-])c1ncn(CC(O)CSc2ccccc2)c1Sc1ccccc1. The van der Waals surface area contributed by atoms with Crippen molar-refractivity contribution >= 4 is 29.3 Å². The van der Waals surface area contributed by atoms with Crippen molar-refractivity contribution in [3.05, 3.63) is 77.1 Å². The van der Waals surface area contributed by atoms with Crippen molar-refractivity contribution < 1.29 is 10.0 Å². The van der Waals surface area contributed by atoms with E-state index in [1.54, 1.807) is 16.3 Å². The smallest absolute Gasteiger partial charge is 0.390 e. The lowest BCUT2D eigenvalue weighted by Gasteiger charge is -2.12. The van der Waals surface area contributed by atoms with E-state index in [0.29, 0.717) is 10.8 Å². The van der Waals surface area contributed by atoms with Crippen molar-refractivity contribution in [3.63, 3.8) is 0 Å². The van der Waals surface area contributed by atoms with Crippen LogP contribution in [-0.2, 0) is 6.54 Å². The van der Waals surface area contributed by atoms with Gasteiger partial charge >= 0.3 is 5.82 Å². The van der Waals surface area contributed by atoms with Crippen LogP contribution in [0, 0.1) is 10.1 Å². The highest BCUT2D eigenvalue weighted by molar-refractivity contribution is 7.99. The molecule has 3 aromatic rings. The number of aromatic nitrogens is 2. The Morgan fingerprint density at radius 3 is 2.31 bits per heavy atom. The van der Waals surface area contributed by atoms with E-state index in [1.807, 2.05) is 60.7 Å². The number of hydrogen-bond donors (Lipinski definition) is 1. The van der Waals surface area contributed by atoms with Gasteiger partial charge in [-0.1, -0.05) is 48.2 Å². The standard InChI is InChI=1S/C18H17N3O3S2/c22-14(12-25-15-7-3-1-4-8-15)11-20-13-19-17(21(23)24)18(20)26-16-9-5-2-6-10-16/h1-10,13-14,22H,11-12H2. The summed E-state index contributed by atoms with van der Waals surface area (Å²) in [5.74, 6) is 0.299. The van der Waals surface area contributed by atoms with Crippen molar-refractivity contribution in [2.24, 2.45) is 0 Å². The summed E-state index contributed by atoms with van der Waals surface area (Å²) in [6, 6.07) is 19.2. The first-order chi connectivity index (χ1) is 12.6. The molecule has 0 aliphatic heterocycles. The second-order valence-electron chi connectivity index (χ2n) is 5.48. The zero-order chi connectivity index (χ0) is 18.4. The van der Waals surface area contributed by atoms with Crippen LogP contribution < -0.4 is 0 Å². The molecular weight excluding hydrogens is 370 g/mol. The maximum atomic E-state index is 11.3. The van der Waals surface area contributed by atoms with Crippen molar-refractivity contribution in [1.82, 2.24) is 9.55 Å². The summed E-state index contributed by atoms with van der Waals surface area (Å²) in [6.07, 6.45) is 0.768. The number of benzene rings is 2. The minimum atomic E-state index is -0.649. The van der Waals surface area contributed by atoms with Gasteiger partial charge in [-0.3, -0.25) is 4.57 Å². The lowest BCUT2D eigenvalue weighted by molar-refractivity contribution is -0.392. The molecule has 0 aliphatic carbocycles. The second kappa shape index (κ2) is 8.88. The average Bonchev–Trinajstić information content (AvgIpc) is 3.04. The van der Waals surface area contributed by atoms with Crippen molar-refractivity contribution in [3.8, 4) is 0 Å². The van der Waals surface area contributed by atoms with Crippen LogP contribution in [0.5, 0.6) is 0 Å². The van der Waals surface area contributed by atoms with Gasteiger partial charge in [0.25, 0.3) is 0 Å². The van der Waals surface area contributed by atoms with Gasteiger partial charge in [0, 0.05) is 15.5 Å². The molecule has 0 fully saturated rings. The lowest BCUT2D eigenvalue weighted by Crippen LogP contribution is -2.18. The summed E-state index contributed by atoms with van der Waals surface area (Å²) in [7, 11) is 0. The fraction of sp³-hybridized carbons (Fsp3) is 0.167. The van der Waals surface area contributed by atoms with E-state index < -0.39 is 11.0 Å². The topological polar surface area (TPSA) is 81.2 Å². The molecule has 1 atom stereocenters. The van der Waals surface area contributed by atoms with E-state index in [4.69, 9.17) is 0 Å². The molecule has 0 radical (unpaired) electrons. The minimum Gasteiger partial charge on any atom is -0.390 e. The van der Waals surface area contributed by atoms with Gasteiger partial charge in [0.2, 0.25) is 6.33 Å². The Bertz CT molecular complexity index is 857. The maximum absolute atomic E-state index is 11.3. The van der Waals surface area contributed by atoms with E-state index >= 15 is 0 Å². The summed E-state index contributed by atoms with van der Waals surface area (Å²) in [5.41, 5.74) is 0. The predicted molar refractivity (Wildman–Crippen MR) is 103 cm³/mol. The molecule has 1 unspecified atom stereocenters. The van der Waals surface area contributed by atoms with E-state index in [9.17, 15) is 15.2 Å². The number of imidazole rings is 1. The monoisotopic (exact) mass is 387 g/mol. The Kier molecular flexibility index (Phi) is 6.32. The quantitative estimate of drug-likeness (QED) is 0.356. The van der Waals surface area contributed by atoms with Crippen molar-refractivity contribution in [2.45, 2.75) is 27.5 Å². The molecule has 3 rings (SSSR count). The summed E-state index contributed by atoms with van der Waals surface area (Å²) < 4.78 is 1.64. The van der Waals surface area contributed by atoms with Crippen molar-refractivity contribution in [2.75, 3.05) is 5.75 Å². The molecule has 2 aromatic carbocycles. The first-order valence-corrected chi connectivity index (χ1v) is 9.72. The largest absolute Gasteiger partial charge is 0.396 e. The van der Waals surface area contributed by atoms with E-state index in [-0.39, 0.29) is 12.4 Å². The van der Waals surface area contributed by atoms with E-state index in [0.717, 1.165) is 9.79 Å². The second-order valence-corrected chi connectivity index (χ2v) is 7.63.